The number of nitrogens with zero attached hydrogens (tertiary/aromatic N) is 1. The molecule has 0 saturated carbocycles. The van der Waals surface area contributed by atoms with Gasteiger partial charge in [-0.15, -0.1) is 0 Å². The SMILES string of the molecule is Cc1ccc(CN(Cc2cccc(CC(=O)O)c2)S(C)(=O)=O)cc1. The summed E-state index contributed by atoms with van der Waals surface area (Å²) in [5, 5.41) is 8.88. The molecule has 0 fully saturated rings. The smallest absolute Gasteiger partial charge is 0.307 e. The van der Waals surface area contributed by atoms with Crippen LogP contribution in [-0.2, 0) is 34.3 Å². The number of carboxylic acids is 1. The van der Waals surface area contributed by atoms with Crippen LogP contribution in [0.3, 0.4) is 0 Å². The zero-order chi connectivity index (χ0) is 17.7. The molecule has 0 radical (unpaired) electrons. The van der Waals surface area contributed by atoms with E-state index in [0.29, 0.717) is 5.56 Å². The first-order valence-electron chi connectivity index (χ1n) is 7.54. The van der Waals surface area contributed by atoms with E-state index in [-0.39, 0.29) is 19.5 Å². The second-order valence-corrected chi connectivity index (χ2v) is 7.89. The van der Waals surface area contributed by atoms with Crippen molar-refractivity contribution in [3.63, 3.8) is 0 Å². The van der Waals surface area contributed by atoms with Crippen LogP contribution >= 0.6 is 0 Å². The zero-order valence-corrected chi connectivity index (χ0v) is 14.6. The quantitative estimate of drug-likeness (QED) is 0.835. The van der Waals surface area contributed by atoms with Gasteiger partial charge >= 0.3 is 5.97 Å². The number of aryl methyl sites for hydroxylation is 1. The maximum absolute atomic E-state index is 12.1. The van der Waals surface area contributed by atoms with Crippen LogP contribution in [0.1, 0.15) is 22.3 Å². The van der Waals surface area contributed by atoms with E-state index in [2.05, 4.69) is 0 Å². The Morgan fingerprint density at radius 1 is 1.00 bits per heavy atom. The first-order chi connectivity index (χ1) is 11.2. The number of hydrogen-bond donors (Lipinski definition) is 1. The topological polar surface area (TPSA) is 74.7 Å². The van der Waals surface area contributed by atoms with Gasteiger partial charge < -0.3 is 5.11 Å². The highest BCUT2D eigenvalue weighted by atomic mass is 32.2. The molecule has 0 heterocycles. The van der Waals surface area contributed by atoms with Crippen molar-refractivity contribution in [2.75, 3.05) is 6.26 Å². The van der Waals surface area contributed by atoms with Crippen LogP contribution in [0.2, 0.25) is 0 Å². The van der Waals surface area contributed by atoms with E-state index in [1.807, 2.05) is 31.2 Å². The highest BCUT2D eigenvalue weighted by molar-refractivity contribution is 7.88. The normalized spacial score (nSPS) is 11.6. The lowest BCUT2D eigenvalue weighted by Gasteiger charge is -2.20. The molecule has 0 aliphatic carbocycles. The lowest BCUT2D eigenvalue weighted by Crippen LogP contribution is -2.29. The number of benzene rings is 2. The zero-order valence-electron chi connectivity index (χ0n) is 13.8. The van der Waals surface area contributed by atoms with Crippen LogP contribution in [0.4, 0.5) is 0 Å². The van der Waals surface area contributed by atoms with Gasteiger partial charge in [-0.1, -0.05) is 54.1 Å². The molecule has 0 atom stereocenters. The molecule has 0 amide bonds. The Kier molecular flexibility index (Phi) is 5.75. The van der Waals surface area contributed by atoms with Gasteiger partial charge in [0.05, 0.1) is 12.7 Å². The van der Waals surface area contributed by atoms with E-state index in [1.165, 1.54) is 10.6 Å². The number of rotatable bonds is 7. The summed E-state index contributed by atoms with van der Waals surface area (Å²) in [6.07, 6.45) is 1.10. The van der Waals surface area contributed by atoms with Gasteiger partial charge in [0.15, 0.2) is 0 Å². The lowest BCUT2D eigenvalue weighted by atomic mass is 10.1. The molecular weight excluding hydrogens is 326 g/mol. The van der Waals surface area contributed by atoms with Crippen molar-refractivity contribution in [3.8, 4) is 0 Å². The minimum atomic E-state index is -3.39. The second kappa shape index (κ2) is 7.59. The van der Waals surface area contributed by atoms with Crippen LogP contribution < -0.4 is 0 Å². The van der Waals surface area contributed by atoms with Crippen molar-refractivity contribution < 1.29 is 18.3 Å². The highest BCUT2D eigenvalue weighted by Crippen LogP contribution is 2.15. The van der Waals surface area contributed by atoms with Gasteiger partial charge in [-0.2, -0.15) is 4.31 Å². The van der Waals surface area contributed by atoms with Gasteiger partial charge in [0.1, 0.15) is 0 Å². The predicted molar refractivity (Wildman–Crippen MR) is 93.1 cm³/mol. The van der Waals surface area contributed by atoms with Crippen LogP contribution in [0.25, 0.3) is 0 Å². The number of hydrogen-bond acceptors (Lipinski definition) is 3. The third kappa shape index (κ3) is 5.47. The lowest BCUT2D eigenvalue weighted by molar-refractivity contribution is -0.136. The highest BCUT2D eigenvalue weighted by Gasteiger charge is 2.18. The van der Waals surface area contributed by atoms with Crippen molar-refractivity contribution in [3.05, 3.63) is 70.8 Å². The van der Waals surface area contributed by atoms with E-state index >= 15 is 0 Å². The standard InChI is InChI=1S/C18H21NO4S/c1-14-6-8-15(9-7-14)12-19(24(2,22)23)13-17-5-3-4-16(10-17)11-18(20)21/h3-10H,11-13H2,1-2H3,(H,20,21). The van der Waals surface area contributed by atoms with Crippen molar-refractivity contribution in [2.45, 2.75) is 26.4 Å². The molecule has 1 N–H and O–H groups in total. The predicted octanol–water partition coefficient (Wildman–Crippen LogP) is 2.58. The molecule has 0 bridgehead atoms. The molecule has 2 rings (SSSR count). The van der Waals surface area contributed by atoms with Gasteiger partial charge in [-0.3, -0.25) is 4.79 Å². The fourth-order valence-electron chi connectivity index (χ4n) is 2.40. The molecule has 0 aromatic heterocycles. The van der Waals surface area contributed by atoms with Crippen LogP contribution in [0, 0.1) is 6.92 Å². The fourth-order valence-corrected chi connectivity index (χ4v) is 3.17. The van der Waals surface area contributed by atoms with Gasteiger partial charge in [-0.25, -0.2) is 8.42 Å². The molecule has 0 spiro atoms. The Hall–Kier alpha value is -2.18. The summed E-state index contributed by atoms with van der Waals surface area (Å²) in [4.78, 5) is 10.8. The molecule has 24 heavy (non-hydrogen) atoms. The molecule has 0 unspecified atom stereocenters. The minimum Gasteiger partial charge on any atom is -0.481 e. The monoisotopic (exact) mass is 347 g/mol. The molecule has 2 aromatic carbocycles. The summed E-state index contributed by atoms with van der Waals surface area (Å²) in [6, 6.07) is 14.7. The summed E-state index contributed by atoms with van der Waals surface area (Å²) < 4.78 is 25.6. The molecular formula is C18H21NO4S. The molecule has 5 nitrogen and oxygen atoms in total. The molecule has 0 aliphatic rings. The van der Waals surface area contributed by atoms with E-state index < -0.39 is 16.0 Å². The Morgan fingerprint density at radius 2 is 1.58 bits per heavy atom. The van der Waals surface area contributed by atoms with Crippen molar-refractivity contribution in [1.82, 2.24) is 4.31 Å². The maximum atomic E-state index is 12.1. The third-order valence-electron chi connectivity index (χ3n) is 3.65. The largest absolute Gasteiger partial charge is 0.481 e. The van der Waals surface area contributed by atoms with Crippen molar-refractivity contribution in [1.29, 1.82) is 0 Å². The molecule has 0 saturated heterocycles. The number of sulfonamides is 1. The Bertz CT molecular complexity index is 813. The van der Waals surface area contributed by atoms with Crippen LogP contribution in [0.5, 0.6) is 0 Å². The number of aliphatic carboxylic acids is 1. The van der Waals surface area contributed by atoms with Crippen molar-refractivity contribution >= 4 is 16.0 Å². The van der Waals surface area contributed by atoms with Crippen LogP contribution in [-0.4, -0.2) is 30.1 Å². The first-order valence-corrected chi connectivity index (χ1v) is 9.39. The third-order valence-corrected chi connectivity index (χ3v) is 4.85. The van der Waals surface area contributed by atoms with Gasteiger partial charge in [0.2, 0.25) is 10.0 Å². The molecule has 6 heteroatoms. The van der Waals surface area contributed by atoms with E-state index in [1.54, 1.807) is 24.3 Å². The summed E-state index contributed by atoms with van der Waals surface area (Å²) in [5.41, 5.74) is 3.45. The summed E-state index contributed by atoms with van der Waals surface area (Å²) in [6.45, 7) is 2.47. The van der Waals surface area contributed by atoms with Crippen LogP contribution in [0.15, 0.2) is 48.5 Å². The summed E-state index contributed by atoms with van der Waals surface area (Å²) in [5.74, 6) is -0.910. The Balaban J connectivity index is 2.20. The molecule has 2 aromatic rings. The van der Waals surface area contributed by atoms with E-state index in [9.17, 15) is 13.2 Å². The first kappa shape index (κ1) is 18.2. The fraction of sp³-hybridized carbons (Fsp3) is 0.278. The average molecular weight is 347 g/mol. The van der Waals surface area contributed by atoms with Gasteiger partial charge in [0.25, 0.3) is 0 Å². The van der Waals surface area contributed by atoms with E-state index in [0.717, 1.165) is 16.7 Å². The minimum absolute atomic E-state index is 0.0787. The Labute approximate surface area is 142 Å². The number of carboxylic acid groups (broad SMARTS) is 1. The van der Waals surface area contributed by atoms with Gasteiger partial charge in [-0.05, 0) is 23.6 Å². The van der Waals surface area contributed by atoms with E-state index in [4.69, 9.17) is 5.11 Å². The van der Waals surface area contributed by atoms with Crippen molar-refractivity contribution in [2.24, 2.45) is 0 Å². The van der Waals surface area contributed by atoms with Gasteiger partial charge in [0, 0.05) is 13.1 Å². The number of carbonyl (C=O) groups is 1. The summed E-state index contributed by atoms with van der Waals surface area (Å²) in [7, 11) is -3.39. The average Bonchev–Trinajstić information content (AvgIpc) is 2.47. The molecule has 0 aliphatic heterocycles. The second-order valence-electron chi connectivity index (χ2n) is 5.91. The molecule has 128 valence electrons. The maximum Gasteiger partial charge on any atom is 0.307 e. The Morgan fingerprint density at radius 3 is 2.17 bits per heavy atom. The summed E-state index contributed by atoms with van der Waals surface area (Å²) >= 11 is 0.